The maximum atomic E-state index is 11.4. The van der Waals surface area contributed by atoms with Crippen LogP contribution in [0.3, 0.4) is 0 Å². The average molecular weight is 225 g/mol. The first-order valence-electron chi connectivity index (χ1n) is 6.70. The first kappa shape index (κ1) is 11.9. The van der Waals surface area contributed by atoms with Gasteiger partial charge in [0.05, 0.1) is 6.10 Å². The zero-order valence-electron chi connectivity index (χ0n) is 9.95. The Kier molecular flexibility index (Phi) is 4.22. The molecular weight excluding hydrogens is 202 g/mol. The summed E-state index contributed by atoms with van der Waals surface area (Å²) >= 11 is 0. The van der Waals surface area contributed by atoms with Crippen LogP contribution in [0.2, 0.25) is 0 Å². The van der Waals surface area contributed by atoms with Crippen LogP contribution < -0.4 is 5.32 Å². The van der Waals surface area contributed by atoms with Crippen LogP contribution >= 0.6 is 0 Å². The molecule has 0 saturated heterocycles. The minimum Gasteiger partial charge on any atom is -0.393 e. The number of nitrogens with one attached hydrogen (secondary N) is 1. The lowest BCUT2D eigenvalue weighted by molar-refractivity contribution is -0.121. The molecule has 0 heterocycles. The van der Waals surface area contributed by atoms with Crippen LogP contribution in [0.4, 0.5) is 0 Å². The van der Waals surface area contributed by atoms with Crippen LogP contribution in [-0.4, -0.2) is 23.7 Å². The van der Waals surface area contributed by atoms with Gasteiger partial charge in [0.15, 0.2) is 0 Å². The Hall–Kier alpha value is -0.570. The van der Waals surface area contributed by atoms with Gasteiger partial charge < -0.3 is 10.4 Å². The lowest BCUT2D eigenvalue weighted by atomic mass is 9.84. The molecule has 92 valence electrons. The molecule has 0 bridgehead atoms. The van der Waals surface area contributed by atoms with Gasteiger partial charge in [-0.2, -0.15) is 0 Å². The number of hydrogen-bond acceptors (Lipinski definition) is 2. The van der Waals surface area contributed by atoms with E-state index in [0.29, 0.717) is 18.3 Å². The lowest BCUT2D eigenvalue weighted by Crippen LogP contribution is -2.31. The van der Waals surface area contributed by atoms with E-state index < -0.39 is 0 Å². The van der Waals surface area contributed by atoms with Crippen LogP contribution in [-0.2, 0) is 4.79 Å². The summed E-state index contributed by atoms with van der Waals surface area (Å²) in [6.45, 7) is 0.743. The Morgan fingerprint density at radius 3 is 2.62 bits per heavy atom. The molecule has 2 aliphatic carbocycles. The molecule has 2 rings (SSSR count). The second-order valence-corrected chi connectivity index (χ2v) is 5.40. The number of carbonyl (C=O) groups is 1. The first-order chi connectivity index (χ1) is 7.75. The van der Waals surface area contributed by atoms with Crippen LogP contribution in [0.5, 0.6) is 0 Å². The quantitative estimate of drug-likeness (QED) is 0.750. The summed E-state index contributed by atoms with van der Waals surface area (Å²) in [6.07, 6.45) is 8.45. The van der Waals surface area contributed by atoms with Gasteiger partial charge in [0.1, 0.15) is 0 Å². The summed E-state index contributed by atoms with van der Waals surface area (Å²) in [5.74, 6) is 1.28. The Balaban J connectivity index is 1.57. The summed E-state index contributed by atoms with van der Waals surface area (Å²) < 4.78 is 0. The number of amides is 1. The van der Waals surface area contributed by atoms with Crippen LogP contribution in [0, 0.1) is 11.8 Å². The summed E-state index contributed by atoms with van der Waals surface area (Å²) in [5, 5.41) is 12.7. The topological polar surface area (TPSA) is 49.3 Å². The molecule has 0 aromatic carbocycles. The van der Waals surface area contributed by atoms with Crippen molar-refractivity contribution in [2.45, 2.75) is 57.5 Å². The Morgan fingerprint density at radius 2 is 1.94 bits per heavy atom. The van der Waals surface area contributed by atoms with Crippen LogP contribution in [0.25, 0.3) is 0 Å². The predicted molar refractivity (Wildman–Crippen MR) is 62.9 cm³/mol. The van der Waals surface area contributed by atoms with Crippen molar-refractivity contribution in [1.29, 1.82) is 0 Å². The van der Waals surface area contributed by atoms with E-state index in [1.165, 1.54) is 19.3 Å². The fourth-order valence-corrected chi connectivity index (χ4v) is 2.58. The average Bonchev–Trinajstić information content (AvgIpc) is 3.05. The van der Waals surface area contributed by atoms with Crippen LogP contribution in [0.1, 0.15) is 51.4 Å². The molecular formula is C13H23NO2. The molecule has 3 heteroatoms. The van der Waals surface area contributed by atoms with Gasteiger partial charge in [-0.25, -0.2) is 0 Å². The Labute approximate surface area is 97.6 Å². The van der Waals surface area contributed by atoms with Crippen molar-refractivity contribution in [3.63, 3.8) is 0 Å². The molecule has 0 aromatic heterocycles. The Bertz CT molecular complexity index is 238. The summed E-state index contributed by atoms with van der Waals surface area (Å²) in [4.78, 5) is 11.4. The number of aliphatic hydroxyl groups excluding tert-OH is 1. The third-order valence-electron chi connectivity index (χ3n) is 3.88. The zero-order valence-corrected chi connectivity index (χ0v) is 9.95. The molecule has 2 saturated carbocycles. The van der Waals surface area contributed by atoms with E-state index in [9.17, 15) is 9.90 Å². The van der Waals surface area contributed by atoms with Gasteiger partial charge in [0.2, 0.25) is 5.91 Å². The standard InChI is InChI=1S/C13H23NO2/c15-12-4-2-1-3-11(12)7-8-14-13(16)9-10-5-6-10/h10-12,15H,1-9H2,(H,14,16). The molecule has 1 amide bonds. The summed E-state index contributed by atoms with van der Waals surface area (Å²) in [6, 6.07) is 0. The second kappa shape index (κ2) is 5.67. The highest BCUT2D eigenvalue weighted by Crippen LogP contribution is 2.32. The number of rotatable bonds is 5. The van der Waals surface area contributed by atoms with Crippen molar-refractivity contribution in [2.24, 2.45) is 11.8 Å². The van der Waals surface area contributed by atoms with Gasteiger partial charge in [0.25, 0.3) is 0 Å². The minimum absolute atomic E-state index is 0.130. The maximum Gasteiger partial charge on any atom is 0.220 e. The van der Waals surface area contributed by atoms with Crippen molar-refractivity contribution in [1.82, 2.24) is 5.32 Å². The highest BCUT2D eigenvalue weighted by Gasteiger charge is 2.25. The smallest absolute Gasteiger partial charge is 0.220 e. The van der Waals surface area contributed by atoms with E-state index in [4.69, 9.17) is 0 Å². The second-order valence-electron chi connectivity index (χ2n) is 5.40. The SMILES string of the molecule is O=C(CC1CC1)NCCC1CCCCC1O. The molecule has 2 aliphatic rings. The third kappa shape index (κ3) is 3.78. The monoisotopic (exact) mass is 225 g/mol. The van der Waals surface area contributed by atoms with E-state index in [1.54, 1.807) is 0 Å². The van der Waals surface area contributed by atoms with E-state index >= 15 is 0 Å². The number of aliphatic hydroxyl groups is 1. The van der Waals surface area contributed by atoms with E-state index in [2.05, 4.69) is 5.32 Å². The minimum atomic E-state index is -0.130. The fraction of sp³-hybridized carbons (Fsp3) is 0.923. The van der Waals surface area contributed by atoms with E-state index in [0.717, 1.165) is 32.2 Å². The fourth-order valence-electron chi connectivity index (χ4n) is 2.58. The van der Waals surface area contributed by atoms with Crippen molar-refractivity contribution >= 4 is 5.91 Å². The maximum absolute atomic E-state index is 11.4. The van der Waals surface area contributed by atoms with E-state index in [-0.39, 0.29) is 12.0 Å². The van der Waals surface area contributed by atoms with Crippen molar-refractivity contribution in [3.05, 3.63) is 0 Å². The molecule has 2 atom stereocenters. The van der Waals surface area contributed by atoms with Gasteiger partial charge in [-0.3, -0.25) is 4.79 Å². The molecule has 0 aliphatic heterocycles. The molecule has 2 unspecified atom stereocenters. The van der Waals surface area contributed by atoms with Crippen molar-refractivity contribution in [2.75, 3.05) is 6.54 Å². The molecule has 0 aromatic rings. The van der Waals surface area contributed by atoms with Crippen molar-refractivity contribution < 1.29 is 9.90 Å². The highest BCUT2D eigenvalue weighted by atomic mass is 16.3. The number of hydrogen-bond donors (Lipinski definition) is 2. The third-order valence-corrected chi connectivity index (χ3v) is 3.88. The lowest BCUT2D eigenvalue weighted by Gasteiger charge is -2.27. The summed E-state index contributed by atoms with van der Waals surface area (Å²) in [7, 11) is 0. The van der Waals surface area contributed by atoms with Crippen LogP contribution in [0.15, 0.2) is 0 Å². The summed E-state index contributed by atoms with van der Waals surface area (Å²) in [5.41, 5.74) is 0. The molecule has 3 nitrogen and oxygen atoms in total. The van der Waals surface area contributed by atoms with Gasteiger partial charge in [0, 0.05) is 13.0 Å². The van der Waals surface area contributed by atoms with Gasteiger partial charge in [-0.1, -0.05) is 12.8 Å². The van der Waals surface area contributed by atoms with Gasteiger partial charge >= 0.3 is 0 Å². The largest absolute Gasteiger partial charge is 0.393 e. The molecule has 0 radical (unpaired) electrons. The number of carbonyl (C=O) groups excluding carboxylic acids is 1. The molecule has 2 fully saturated rings. The van der Waals surface area contributed by atoms with Gasteiger partial charge in [-0.05, 0) is 43.9 Å². The molecule has 16 heavy (non-hydrogen) atoms. The zero-order chi connectivity index (χ0) is 11.4. The van der Waals surface area contributed by atoms with E-state index in [1.807, 2.05) is 0 Å². The van der Waals surface area contributed by atoms with Gasteiger partial charge in [-0.15, -0.1) is 0 Å². The molecule has 0 spiro atoms. The van der Waals surface area contributed by atoms with Crippen molar-refractivity contribution in [3.8, 4) is 0 Å². The highest BCUT2D eigenvalue weighted by molar-refractivity contribution is 5.76. The normalized spacial score (nSPS) is 30.1. The predicted octanol–water partition coefficient (Wildman–Crippen LogP) is 1.84. The molecule has 2 N–H and O–H groups in total. The Morgan fingerprint density at radius 1 is 1.19 bits per heavy atom. The first-order valence-corrected chi connectivity index (χ1v) is 6.70.